The Morgan fingerprint density at radius 2 is 2.42 bits per heavy atom. The molecule has 0 saturated carbocycles. The number of nitrogens with one attached hydrogen (secondary N) is 2. The van der Waals surface area contributed by atoms with Crippen LogP contribution in [-0.4, -0.2) is 49.3 Å². The molecule has 0 aromatic carbocycles. The first-order chi connectivity index (χ1) is 12.4. The van der Waals surface area contributed by atoms with Crippen molar-refractivity contribution in [3.05, 3.63) is 27.1 Å². The molecule has 0 unspecified atom stereocenters. The van der Waals surface area contributed by atoms with Crippen molar-refractivity contribution in [3.63, 3.8) is 0 Å². The summed E-state index contributed by atoms with van der Waals surface area (Å²) in [5, 5.41) is 16.0. The number of azide groups is 1. The molecule has 1 aliphatic rings. The fourth-order valence-electron chi connectivity index (χ4n) is 2.62. The van der Waals surface area contributed by atoms with Crippen molar-refractivity contribution in [2.45, 2.75) is 38.7 Å². The molecule has 3 N–H and O–H groups in total. The number of carbonyl (C=O) groups is 1. The molecule has 1 fully saturated rings. The second-order valence-corrected chi connectivity index (χ2v) is 6.23. The number of amides is 1. The van der Waals surface area contributed by atoms with Gasteiger partial charge in [-0.05, 0) is 5.53 Å². The number of hydrogen-bond acceptors (Lipinski definition) is 7. The van der Waals surface area contributed by atoms with E-state index in [1.165, 1.54) is 10.9 Å². The molecule has 2 aromatic rings. The Kier molecular flexibility index (Phi) is 4.89. The van der Waals surface area contributed by atoms with Gasteiger partial charge >= 0.3 is 0 Å². The number of ether oxygens (including phenoxy) is 1. The maximum atomic E-state index is 12.2. The van der Waals surface area contributed by atoms with Crippen LogP contribution in [0.5, 0.6) is 0 Å². The molecule has 0 radical (unpaired) electrons. The molecule has 1 amide bonds. The highest BCUT2D eigenvalue weighted by Gasteiger charge is 2.35. The number of rotatable bonds is 5. The van der Waals surface area contributed by atoms with Crippen molar-refractivity contribution >= 4 is 23.0 Å². The zero-order chi connectivity index (χ0) is 18.8. The number of imidazole rings is 1. The maximum Gasteiger partial charge on any atom is 0.280 e. The lowest BCUT2D eigenvalue weighted by molar-refractivity contribution is -0.118. The highest BCUT2D eigenvalue weighted by Crippen LogP contribution is 2.30. The van der Waals surface area contributed by atoms with Gasteiger partial charge in [-0.3, -0.25) is 24.5 Å². The maximum absolute atomic E-state index is 12.2. The van der Waals surface area contributed by atoms with E-state index in [-0.39, 0.29) is 41.9 Å². The number of hydrogen-bond donors (Lipinski definition) is 3. The number of aliphatic hydroxyl groups is 1. The lowest BCUT2D eigenvalue weighted by Gasteiger charge is -2.14. The van der Waals surface area contributed by atoms with Gasteiger partial charge in [-0.2, -0.15) is 4.98 Å². The predicted octanol–water partition coefficient (Wildman–Crippen LogP) is 0.673. The van der Waals surface area contributed by atoms with Gasteiger partial charge in [-0.15, -0.1) is 0 Å². The van der Waals surface area contributed by atoms with E-state index in [4.69, 9.17) is 10.3 Å². The van der Waals surface area contributed by atoms with Crippen molar-refractivity contribution in [1.82, 2.24) is 19.5 Å². The first kappa shape index (κ1) is 17.9. The third-order valence-corrected chi connectivity index (χ3v) is 4.04. The van der Waals surface area contributed by atoms with Crippen LogP contribution >= 0.6 is 0 Å². The molecule has 26 heavy (non-hydrogen) atoms. The number of H-pyrrole nitrogens is 1. The Balaban J connectivity index is 1.92. The smallest absolute Gasteiger partial charge is 0.280 e. The quantitative estimate of drug-likeness (QED) is 0.401. The normalized spacial score (nSPS) is 22.5. The number of carbonyl (C=O) groups excluding carboxylic acids is 1. The van der Waals surface area contributed by atoms with Gasteiger partial charge in [0, 0.05) is 17.3 Å². The van der Waals surface area contributed by atoms with Crippen molar-refractivity contribution in [2.75, 3.05) is 11.9 Å². The SMILES string of the molecule is CC(C)C(=O)Nc1nc2c(ncn2[C@H]2C[C@H](O)[C@@H](CN=[N+]=[N-])O2)c(=O)[nH]1. The van der Waals surface area contributed by atoms with Crippen molar-refractivity contribution in [3.8, 4) is 0 Å². The molecule has 1 aliphatic heterocycles. The van der Waals surface area contributed by atoms with E-state index >= 15 is 0 Å². The van der Waals surface area contributed by atoms with Gasteiger partial charge in [0.05, 0.1) is 25.1 Å². The fraction of sp³-hybridized carbons (Fsp3) is 0.571. The second kappa shape index (κ2) is 7.12. The summed E-state index contributed by atoms with van der Waals surface area (Å²) in [6.45, 7) is 3.42. The average Bonchev–Trinajstić information content (AvgIpc) is 3.16. The summed E-state index contributed by atoms with van der Waals surface area (Å²) < 4.78 is 7.20. The number of anilines is 1. The molecular weight excluding hydrogens is 344 g/mol. The van der Waals surface area contributed by atoms with Gasteiger partial charge in [0.2, 0.25) is 11.9 Å². The number of aromatic amines is 1. The van der Waals surface area contributed by atoms with Crippen LogP contribution in [0.1, 0.15) is 26.5 Å². The van der Waals surface area contributed by atoms with Crippen molar-refractivity contribution < 1.29 is 14.6 Å². The largest absolute Gasteiger partial charge is 0.390 e. The third-order valence-electron chi connectivity index (χ3n) is 4.04. The first-order valence-electron chi connectivity index (χ1n) is 8.02. The molecule has 12 nitrogen and oxygen atoms in total. The number of aromatic nitrogens is 4. The van der Waals surface area contributed by atoms with E-state index in [1.807, 2.05) is 0 Å². The average molecular weight is 362 g/mol. The van der Waals surface area contributed by atoms with Crippen molar-refractivity contribution in [1.29, 1.82) is 0 Å². The van der Waals surface area contributed by atoms with Crippen molar-refractivity contribution in [2.24, 2.45) is 11.0 Å². The van der Waals surface area contributed by atoms with E-state index in [1.54, 1.807) is 13.8 Å². The minimum absolute atomic E-state index is 0.00660. The fourth-order valence-corrected chi connectivity index (χ4v) is 2.62. The minimum Gasteiger partial charge on any atom is -0.390 e. The summed E-state index contributed by atoms with van der Waals surface area (Å²) in [7, 11) is 0. The molecular formula is C14H18N8O4. The van der Waals surface area contributed by atoms with Gasteiger partial charge in [-0.25, -0.2) is 4.98 Å². The Morgan fingerprint density at radius 3 is 3.12 bits per heavy atom. The Morgan fingerprint density at radius 1 is 1.65 bits per heavy atom. The zero-order valence-electron chi connectivity index (χ0n) is 14.2. The van der Waals surface area contributed by atoms with Crippen LogP contribution in [-0.2, 0) is 9.53 Å². The van der Waals surface area contributed by atoms with Gasteiger partial charge in [0.15, 0.2) is 11.2 Å². The van der Waals surface area contributed by atoms with Crippen LogP contribution in [0.15, 0.2) is 16.2 Å². The first-order valence-corrected chi connectivity index (χ1v) is 8.02. The standard InChI is InChI=1S/C14H18N8O4/c1-6(2)12(24)19-14-18-11-10(13(25)20-14)16-5-22(11)9-3-7(23)8(26-9)4-17-21-15/h5-9,23H,3-4H2,1-2H3,(H2,18,19,20,24,25)/t7-,8+,9+/m0/s1. The molecule has 138 valence electrons. The third kappa shape index (κ3) is 3.38. The number of fused-ring (bicyclic) bond motifs is 1. The minimum atomic E-state index is -0.829. The molecule has 2 aromatic heterocycles. The summed E-state index contributed by atoms with van der Waals surface area (Å²) in [5.74, 6) is -0.566. The molecule has 0 aliphatic carbocycles. The van der Waals surface area contributed by atoms with E-state index in [9.17, 15) is 14.7 Å². The summed E-state index contributed by atoms with van der Waals surface area (Å²) >= 11 is 0. The molecule has 1 saturated heterocycles. The molecule has 3 rings (SSSR count). The molecule has 3 heterocycles. The van der Waals surface area contributed by atoms with E-state index in [0.717, 1.165) is 0 Å². The Labute approximate surface area is 146 Å². The Bertz CT molecular complexity index is 929. The molecule has 0 spiro atoms. The molecule has 0 bridgehead atoms. The summed E-state index contributed by atoms with van der Waals surface area (Å²) in [5.41, 5.74) is 8.20. The number of nitrogens with zero attached hydrogens (tertiary/aromatic N) is 6. The van der Waals surface area contributed by atoms with E-state index in [0.29, 0.717) is 0 Å². The van der Waals surface area contributed by atoms with Gasteiger partial charge < -0.3 is 9.84 Å². The number of aliphatic hydroxyl groups excluding tert-OH is 1. The van der Waals surface area contributed by atoms with Crippen LogP contribution in [0.2, 0.25) is 0 Å². The van der Waals surface area contributed by atoms with Crippen LogP contribution < -0.4 is 10.9 Å². The Hall–Kier alpha value is -2.95. The van der Waals surface area contributed by atoms with Gasteiger partial charge in [0.1, 0.15) is 6.23 Å². The summed E-state index contributed by atoms with van der Waals surface area (Å²) in [6, 6.07) is 0. The monoisotopic (exact) mass is 362 g/mol. The zero-order valence-corrected chi connectivity index (χ0v) is 14.2. The van der Waals surface area contributed by atoms with Crippen LogP contribution in [0.4, 0.5) is 5.95 Å². The van der Waals surface area contributed by atoms with E-state index in [2.05, 4.69) is 30.3 Å². The van der Waals surface area contributed by atoms with E-state index < -0.39 is 24.0 Å². The summed E-state index contributed by atoms with van der Waals surface area (Å²) in [6.07, 6.45) is -0.509. The lowest BCUT2D eigenvalue weighted by Crippen LogP contribution is -2.23. The molecule has 3 atom stereocenters. The highest BCUT2D eigenvalue weighted by atomic mass is 16.5. The highest BCUT2D eigenvalue weighted by molar-refractivity contribution is 5.91. The van der Waals surface area contributed by atoms with Gasteiger partial charge in [-0.1, -0.05) is 19.0 Å². The lowest BCUT2D eigenvalue weighted by atomic mass is 10.2. The van der Waals surface area contributed by atoms with Gasteiger partial charge in [0.25, 0.3) is 5.56 Å². The summed E-state index contributed by atoms with van der Waals surface area (Å²) in [4.78, 5) is 37.4. The predicted molar refractivity (Wildman–Crippen MR) is 90.2 cm³/mol. The van der Waals surface area contributed by atoms with Crippen LogP contribution in [0.25, 0.3) is 21.6 Å². The van der Waals surface area contributed by atoms with Crippen LogP contribution in [0, 0.1) is 5.92 Å². The second-order valence-electron chi connectivity index (χ2n) is 6.23. The van der Waals surface area contributed by atoms with Crippen LogP contribution in [0.3, 0.4) is 0 Å². The molecule has 12 heteroatoms. The topological polar surface area (TPSA) is 171 Å².